The third-order valence-corrected chi connectivity index (χ3v) is 3.55. The Morgan fingerprint density at radius 1 is 1.12 bits per heavy atom. The number of pyridine rings is 1. The first-order valence-electron chi connectivity index (χ1n) is 7.24. The zero-order valence-corrected chi connectivity index (χ0v) is 12.5. The van der Waals surface area contributed by atoms with Crippen molar-refractivity contribution in [1.29, 1.82) is 0 Å². The lowest BCUT2D eigenvalue weighted by molar-refractivity contribution is 0.307. The topological polar surface area (TPSA) is 98.1 Å². The largest absolute Gasteiger partial charge is 0.489 e. The van der Waals surface area contributed by atoms with Gasteiger partial charge in [-0.25, -0.2) is 10.1 Å². The van der Waals surface area contributed by atoms with Gasteiger partial charge < -0.3 is 4.74 Å². The fourth-order valence-corrected chi connectivity index (χ4v) is 2.39. The van der Waals surface area contributed by atoms with Crippen molar-refractivity contribution in [3.8, 4) is 17.1 Å². The Balaban J connectivity index is 1.73. The molecule has 8 nitrogen and oxygen atoms in total. The normalized spacial score (nSPS) is 10.8. The van der Waals surface area contributed by atoms with E-state index in [-0.39, 0.29) is 11.4 Å². The highest BCUT2D eigenvalue weighted by atomic mass is 16.5. The second kappa shape index (κ2) is 5.92. The summed E-state index contributed by atoms with van der Waals surface area (Å²) >= 11 is 0. The van der Waals surface area contributed by atoms with Crippen LogP contribution in [-0.2, 0) is 6.61 Å². The van der Waals surface area contributed by atoms with Crippen LogP contribution in [0, 0.1) is 0 Å². The van der Waals surface area contributed by atoms with E-state index in [1.807, 2.05) is 36.4 Å². The molecule has 4 rings (SSSR count). The number of H-pyrrole nitrogens is 1. The Morgan fingerprint density at radius 2 is 2.00 bits per heavy atom. The highest BCUT2D eigenvalue weighted by Crippen LogP contribution is 2.15. The second-order valence-corrected chi connectivity index (χ2v) is 5.06. The number of hydrogen-bond acceptors (Lipinski definition) is 6. The predicted molar refractivity (Wildman–Crippen MR) is 85.4 cm³/mol. The van der Waals surface area contributed by atoms with Crippen LogP contribution < -0.4 is 10.3 Å². The molecule has 0 spiro atoms. The molecule has 0 aliphatic carbocycles. The minimum absolute atomic E-state index is 0.250. The predicted octanol–water partition coefficient (Wildman–Crippen LogP) is 1.45. The summed E-state index contributed by atoms with van der Waals surface area (Å²) in [7, 11) is 0. The van der Waals surface area contributed by atoms with Gasteiger partial charge in [-0.3, -0.25) is 9.20 Å². The first kappa shape index (κ1) is 14.1. The van der Waals surface area contributed by atoms with Crippen molar-refractivity contribution >= 4 is 5.65 Å². The lowest BCUT2D eigenvalue weighted by atomic mass is 10.2. The van der Waals surface area contributed by atoms with Crippen molar-refractivity contribution in [2.24, 2.45) is 0 Å². The Hall–Kier alpha value is -3.55. The van der Waals surface area contributed by atoms with E-state index in [0.717, 1.165) is 11.3 Å². The molecule has 0 atom stereocenters. The van der Waals surface area contributed by atoms with E-state index in [2.05, 4.69) is 25.6 Å². The highest BCUT2D eigenvalue weighted by molar-refractivity contribution is 5.56. The summed E-state index contributed by atoms with van der Waals surface area (Å²) in [4.78, 5) is 17.0. The van der Waals surface area contributed by atoms with Crippen LogP contribution >= 0.6 is 0 Å². The van der Waals surface area contributed by atoms with Gasteiger partial charge in [-0.1, -0.05) is 24.3 Å². The number of tetrazole rings is 1. The molecule has 1 aromatic carbocycles. The van der Waals surface area contributed by atoms with Crippen molar-refractivity contribution in [3.05, 3.63) is 70.8 Å². The van der Waals surface area contributed by atoms with Gasteiger partial charge in [0.25, 0.3) is 5.56 Å². The molecule has 0 saturated carbocycles. The lowest BCUT2D eigenvalue weighted by Crippen LogP contribution is -2.18. The monoisotopic (exact) mass is 320 g/mol. The van der Waals surface area contributed by atoms with Gasteiger partial charge in [-0.2, -0.15) is 0 Å². The van der Waals surface area contributed by atoms with Gasteiger partial charge in [0.05, 0.1) is 0 Å². The maximum Gasteiger partial charge on any atom is 0.269 e. The molecule has 118 valence electrons. The number of para-hydroxylation sites is 1. The highest BCUT2D eigenvalue weighted by Gasteiger charge is 2.12. The number of benzene rings is 1. The molecule has 8 heteroatoms. The number of nitrogens with one attached hydrogen (secondary N) is 1. The Morgan fingerprint density at radius 3 is 2.79 bits per heavy atom. The van der Waals surface area contributed by atoms with Gasteiger partial charge in [-0.15, -0.1) is 5.10 Å². The lowest BCUT2D eigenvalue weighted by Gasteiger charge is -2.09. The second-order valence-electron chi connectivity index (χ2n) is 5.06. The molecule has 4 aromatic rings. The minimum Gasteiger partial charge on any atom is -0.489 e. The molecule has 0 bridgehead atoms. The first-order chi connectivity index (χ1) is 11.8. The first-order valence-corrected chi connectivity index (χ1v) is 7.24. The molecule has 0 saturated heterocycles. The average molecular weight is 320 g/mol. The number of ether oxygens (including phenoxy) is 1. The van der Waals surface area contributed by atoms with E-state index in [1.54, 1.807) is 12.3 Å². The van der Waals surface area contributed by atoms with Crippen molar-refractivity contribution in [2.45, 2.75) is 6.61 Å². The van der Waals surface area contributed by atoms with Crippen LogP contribution in [0.5, 0.6) is 5.75 Å². The number of hydrogen-bond donors (Lipinski definition) is 1. The van der Waals surface area contributed by atoms with Gasteiger partial charge >= 0.3 is 0 Å². The van der Waals surface area contributed by atoms with E-state index in [0.29, 0.717) is 17.8 Å². The standard InChI is InChI=1S/C16H12N6O2/c23-16-13(14-18-20-21-19-14)9-17-15-11(5-4-8-22(15)16)10-24-12-6-2-1-3-7-12/h1-9H,10H2,(H,18,19,20,21). The van der Waals surface area contributed by atoms with Crippen LogP contribution in [0.15, 0.2) is 59.7 Å². The van der Waals surface area contributed by atoms with Crippen LogP contribution in [0.25, 0.3) is 17.0 Å². The van der Waals surface area contributed by atoms with Gasteiger partial charge in [0.1, 0.15) is 23.6 Å². The zero-order valence-electron chi connectivity index (χ0n) is 12.5. The zero-order chi connectivity index (χ0) is 16.4. The molecule has 3 aromatic heterocycles. The number of fused-ring (bicyclic) bond motifs is 1. The Bertz CT molecular complexity index is 1030. The summed E-state index contributed by atoms with van der Waals surface area (Å²) in [5.74, 6) is 1.04. The number of nitrogens with zero attached hydrogens (tertiary/aromatic N) is 5. The van der Waals surface area contributed by atoms with E-state index in [9.17, 15) is 4.79 Å². The van der Waals surface area contributed by atoms with Gasteiger partial charge in [-0.05, 0) is 28.6 Å². The van der Waals surface area contributed by atoms with Crippen LogP contribution in [0.4, 0.5) is 0 Å². The summed E-state index contributed by atoms with van der Waals surface area (Å²) in [5, 5.41) is 13.3. The van der Waals surface area contributed by atoms with Gasteiger partial charge in [0, 0.05) is 18.0 Å². The van der Waals surface area contributed by atoms with Gasteiger partial charge in [0.15, 0.2) is 5.82 Å². The van der Waals surface area contributed by atoms with E-state index >= 15 is 0 Å². The fourth-order valence-electron chi connectivity index (χ4n) is 2.39. The molecule has 0 radical (unpaired) electrons. The van der Waals surface area contributed by atoms with E-state index < -0.39 is 0 Å². The molecule has 0 amide bonds. The quantitative estimate of drug-likeness (QED) is 0.611. The SMILES string of the molecule is O=c1c(-c2nnn[nH]2)cnc2c(COc3ccccc3)cccn12. The third kappa shape index (κ3) is 2.50. The van der Waals surface area contributed by atoms with E-state index in [4.69, 9.17) is 4.74 Å². The fraction of sp³-hybridized carbons (Fsp3) is 0.0625. The summed E-state index contributed by atoms with van der Waals surface area (Å²) in [6.07, 6.45) is 3.12. The molecule has 0 fully saturated rings. The molecule has 0 aliphatic heterocycles. The third-order valence-electron chi connectivity index (χ3n) is 3.55. The van der Waals surface area contributed by atoms with E-state index in [1.165, 1.54) is 10.6 Å². The van der Waals surface area contributed by atoms with Crippen LogP contribution in [0.3, 0.4) is 0 Å². The van der Waals surface area contributed by atoms with Crippen molar-refractivity contribution in [2.75, 3.05) is 0 Å². The van der Waals surface area contributed by atoms with Gasteiger partial charge in [0.2, 0.25) is 0 Å². The maximum absolute atomic E-state index is 12.6. The molecule has 0 unspecified atom stereocenters. The summed E-state index contributed by atoms with van der Waals surface area (Å²) < 4.78 is 7.21. The molecule has 24 heavy (non-hydrogen) atoms. The maximum atomic E-state index is 12.6. The van der Waals surface area contributed by atoms with Crippen molar-refractivity contribution < 1.29 is 4.74 Å². The smallest absolute Gasteiger partial charge is 0.269 e. The molecule has 1 N–H and O–H groups in total. The Labute approximate surface area is 135 Å². The van der Waals surface area contributed by atoms with Crippen LogP contribution in [-0.4, -0.2) is 30.0 Å². The average Bonchev–Trinajstić information content (AvgIpc) is 3.16. The summed E-state index contributed by atoms with van der Waals surface area (Å²) in [5.41, 5.74) is 1.40. The molecule has 3 heterocycles. The van der Waals surface area contributed by atoms with Crippen LogP contribution in [0.2, 0.25) is 0 Å². The number of rotatable bonds is 4. The minimum atomic E-state index is -0.250. The van der Waals surface area contributed by atoms with Crippen LogP contribution in [0.1, 0.15) is 5.56 Å². The number of aromatic nitrogens is 6. The van der Waals surface area contributed by atoms with Crippen molar-refractivity contribution in [1.82, 2.24) is 30.0 Å². The Kier molecular flexibility index (Phi) is 3.47. The summed E-state index contributed by atoms with van der Waals surface area (Å²) in [6, 6.07) is 13.1. The van der Waals surface area contributed by atoms with Crippen molar-refractivity contribution in [3.63, 3.8) is 0 Å². The molecular formula is C16H12N6O2. The number of aromatic amines is 1. The molecule has 0 aliphatic rings. The summed E-state index contributed by atoms with van der Waals surface area (Å²) in [6.45, 7) is 0.310. The molecular weight excluding hydrogens is 308 g/mol.